The fourth-order valence-electron chi connectivity index (χ4n) is 3.54. The van der Waals surface area contributed by atoms with Gasteiger partial charge in [-0.05, 0) is 50.5 Å². The Hall–Kier alpha value is -2.13. The smallest absolute Gasteiger partial charge is 0.230 e. The molecule has 0 radical (unpaired) electrons. The summed E-state index contributed by atoms with van der Waals surface area (Å²) in [6, 6.07) is 20.6. The lowest BCUT2D eigenvalue weighted by Gasteiger charge is -2.39. The maximum Gasteiger partial charge on any atom is 0.230 e. The van der Waals surface area contributed by atoms with E-state index in [9.17, 15) is 4.79 Å². The maximum absolute atomic E-state index is 13.1. The molecule has 2 aromatic carbocycles. The summed E-state index contributed by atoms with van der Waals surface area (Å²) in [6.07, 6.45) is 2.63. The summed E-state index contributed by atoms with van der Waals surface area (Å²) in [5, 5.41) is 3.20. The number of hydrogen-bond donors (Lipinski definition) is 1. The van der Waals surface area contributed by atoms with E-state index >= 15 is 0 Å². The first-order valence-electron chi connectivity index (χ1n) is 8.77. The fourth-order valence-corrected chi connectivity index (χ4v) is 3.54. The molecule has 24 heavy (non-hydrogen) atoms. The molecule has 0 aliphatic carbocycles. The lowest BCUT2D eigenvalue weighted by atomic mass is 9.72. The van der Waals surface area contributed by atoms with E-state index in [2.05, 4.69) is 41.5 Å². The highest BCUT2D eigenvalue weighted by atomic mass is 16.2. The predicted molar refractivity (Wildman–Crippen MR) is 98.0 cm³/mol. The van der Waals surface area contributed by atoms with Crippen LogP contribution in [-0.2, 0) is 16.6 Å². The summed E-state index contributed by atoms with van der Waals surface area (Å²) in [6.45, 7) is 2.61. The molecule has 3 heteroatoms. The van der Waals surface area contributed by atoms with Crippen LogP contribution in [0.25, 0.3) is 0 Å². The average molecular weight is 322 g/mol. The third kappa shape index (κ3) is 3.68. The van der Waals surface area contributed by atoms with E-state index < -0.39 is 0 Å². The highest BCUT2D eigenvalue weighted by Gasteiger charge is 2.41. The van der Waals surface area contributed by atoms with Gasteiger partial charge in [0.2, 0.25) is 5.91 Å². The lowest BCUT2D eigenvalue weighted by Crippen LogP contribution is -2.51. The number of amides is 1. The first-order valence-corrected chi connectivity index (χ1v) is 8.77. The Morgan fingerprint density at radius 3 is 2.21 bits per heavy atom. The largest absolute Gasteiger partial charge is 0.355 e. The SMILES string of the molecule is CN1CCC(C(=O)NCCc2ccccc2)(c2ccccc2)CC1. The number of carbonyl (C=O) groups excluding carboxylic acids is 1. The molecule has 0 bridgehead atoms. The molecule has 3 rings (SSSR count). The van der Waals surface area contributed by atoms with E-state index in [1.807, 2.05) is 36.4 Å². The molecule has 1 fully saturated rings. The Balaban J connectivity index is 1.70. The zero-order valence-electron chi connectivity index (χ0n) is 14.4. The molecule has 0 saturated carbocycles. The fraction of sp³-hybridized carbons (Fsp3) is 0.381. The number of piperidine rings is 1. The average Bonchev–Trinajstić information content (AvgIpc) is 2.64. The van der Waals surface area contributed by atoms with E-state index in [1.54, 1.807) is 0 Å². The van der Waals surface area contributed by atoms with Crippen LogP contribution in [0.4, 0.5) is 0 Å². The summed E-state index contributed by atoms with van der Waals surface area (Å²) < 4.78 is 0. The van der Waals surface area contributed by atoms with Crippen LogP contribution in [0.1, 0.15) is 24.0 Å². The van der Waals surface area contributed by atoms with Gasteiger partial charge in [-0.15, -0.1) is 0 Å². The van der Waals surface area contributed by atoms with Crippen molar-refractivity contribution in [2.75, 3.05) is 26.7 Å². The third-order valence-electron chi connectivity index (χ3n) is 5.14. The van der Waals surface area contributed by atoms with E-state index in [1.165, 1.54) is 5.56 Å². The van der Waals surface area contributed by atoms with E-state index in [4.69, 9.17) is 0 Å². The quantitative estimate of drug-likeness (QED) is 0.918. The standard InChI is InChI=1S/C21H26N2O/c1-23-16-13-21(14-17-23,19-10-6-3-7-11-19)20(24)22-15-12-18-8-4-2-5-9-18/h2-11H,12-17H2,1H3,(H,22,24). The van der Waals surface area contributed by atoms with E-state index in [0.29, 0.717) is 6.54 Å². The minimum absolute atomic E-state index is 0.178. The Morgan fingerprint density at radius 2 is 1.58 bits per heavy atom. The van der Waals surface area contributed by atoms with Crippen LogP contribution in [-0.4, -0.2) is 37.5 Å². The molecule has 1 aliphatic heterocycles. The number of hydrogen-bond acceptors (Lipinski definition) is 2. The molecular weight excluding hydrogens is 296 g/mol. The van der Waals surface area contributed by atoms with Crippen molar-refractivity contribution in [3.05, 3.63) is 71.8 Å². The molecule has 0 atom stereocenters. The van der Waals surface area contributed by atoms with Crippen LogP contribution >= 0.6 is 0 Å². The van der Waals surface area contributed by atoms with Crippen LogP contribution in [0.5, 0.6) is 0 Å². The number of nitrogens with one attached hydrogen (secondary N) is 1. The van der Waals surface area contributed by atoms with Crippen LogP contribution in [0.15, 0.2) is 60.7 Å². The monoisotopic (exact) mass is 322 g/mol. The lowest BCUT2D eigenvalue weighted by molar-refractivity contribution is -0.128. The van der Waals surface area contributed by atoms with Crippen molar-refractivity contribution in [3.63, 3.8) is 0 Å². The minimum atomic E-state index is -0.384. The highest BCUT2D eigenvalue weighted by molar-refractivity contribution is 5.88. The zero-order valence-corrected chi connectivity index (χ0v) is 14.4. The predicted octanol–water partition coefficient (Wildman–Crippen LogP) is 3.01. The molecular formula is C21H26N2O. The molecule has 0 unspecified atom stereocenters. The summed E-state index contributed by atoms with van der Waals surface area (Å²) in [7, 11) is 2.13. The Morgan fingerprint density at radius 1 is 1.00 bits per heavy atom. The van der Waals surface area contributed by atoms with E-state index in [-0.39, 0.29) is 11.3 Å². The van der Waals surface area contributed by atoms with Crippen LogP contribution in [0.3, 0.4) is 0 Å². The Labute approximate surface area is 144 Å². The normalized spacial score (nSPS) is 17.4. The van der Waals surface area contributed by atoms with Gasteiger partial charge in [0, 0.05) is 6.54 Å². The summed E-state index contributed by atoms with van der Waals surface area (Å²) >= 11 is 0. The maximum atomic E-state index is 13.1. The van der Waals surface area contributed by atoms with Gasteiger partial charge in [0.05, 0.1) is 5.41 Å². The molecule has 1 amide bonds. The van der Waals surface area contributed by atoms with Crippen molar-refractivity contribution >= 4 is 5.91 Å². The number of nitrogens with zero attached hydrogens (tertiary/aromatic N) is 1. The van der Waals surface area contributed by atoms with Crippen molar-refractivity contribution in [1.29, 1.82) is 0 Å². The molecule has 3 nitrogen and oxygen atoms in total. The first kappa shape index (κ1) is 16.7. The summed E-state index contributed by atoms with van der Waals surface area (Å²) in [5.74, 6) is 0.178. The van der Waals surface area contributed by atoms with Gasteiger partial charge < -0.3 is 10.2 Å². The van der Waals surface area contributed by atoms with Gasteiger partial charge in [0.1, 0.15) is 0 Å². The van der Waals surface area contributed by atoms with Gasteiger partial charge in [-0.25, -0.2) is 0 Å². The molecule has 0 aromatic heterocycles. The van der Waals surface area contributed by atoms with Gasteiger partial charge in [0.15, 0.2) is 0 Å². The van der Waals surface area contributed by atoms with Crippen LogP contribution in [0.2, 0.25) is 0 Å². The second kappa shape index (κ2) is 7.63. The summed E-state index contributed by atoms with van der Waals surface area (Å²) in [5.41, 5.74) is 2.02. The Kier molecular flexibility index (Phi) is 5.31. The van der Waals surface area contributed by atoms with Crippen molar-refractivity contribution in [3.8, 4) is 0 Å². The second-order valence-corrected chi connectivity index (χ2v) is 6.74. The van der Waals surface area contributed by atoms with E-state index in [0.717, 1.165) is 37.9 Å². The van der Waals surface area contributed by atoms with Gasteiger partial charge in [-0.2, -0.15) is 0 Å². The Bertz CT molecular complexity index is 646. The highest BCUT2D eigenvalue weighted by Crippen LogP contribution is 2.35. The van der Waals surface area contributed by atoms with Crippen molar-refractivity contribution in [2.24, 2.45) is 0 Å². The second-order valence-electron chi connectivity index (χ2n) is 6.74. The molecule has 1 N–H and O–H groups in total. The van der Waals surface area contributed by atoms with Crippen LogP contribution in [0, 0.1) is 0 Å². The zero-order chi connectivity index (χ0) is 16.8. The van der Waals surface area contributed by atoms with Gasteiger partial charge in [0.25, 0.3) is 0 Å². The number of likely N-dealkylation sites (tertiary alicyclic amines) is 1. The summed E-state index contributed by atoms with van der Waals surface area (Å²) in [4.78, 5) is 15.4. The van der Waals surface area contributed by atoms with Gasteiger partial charge >= 0.3 is 0 Å². The van der Waals surface area contributed by atoms with Crippen molar-refractivity contribution < 1.29 is 4.79 Å². The van der Waals surface area contributed by atoms with Gasteiger partial charge in [-0.3, -0.25) is 4.79 Å². The molecule has 0 spiro atoms. The van der Waals surface area contributed by atoms with Gasteiger partial charge in [-0.1, -0.05) is 60.7 Å². The topological polar surface area (TPSA) is 32.3 Å². The molecule has 1 saturated heterocycles. The van der Waals surface area contributed by atoms with Crippen molar-refractivity contribution in [2.45, 2.75) is 24.7 Å². The first-order chi connectivity index (χ1) is 11.7. The van der Waals surface area contributed by atoms with Crippen molar-refractivity contribution in [1.82, 2.24) is 10.2 Å². The third-order valence-corrected chi connectivity index (χ3v) is 5.14. The minimum Gasteiger partial charge on any atom is -0.355 e. The van der Waals surface area contributed by atoms with Crippen LogP contribution < -0.4 is 5.32 Å². The molecule has 1 heterocycles. The number of carbonyl (C=O) groups is 1. The molecule has 1 aliphatic rings. The number of rotatable bonds is 5. The molecule has 2 aromatic rings. The molecule has 126 valence electrons. The number of benzene rings is 2.